The van der Waals surface area contributed by atoms with Gasteiger partial charge < -0.3 is 15.1 Å². The number of benzene rings is 1. The number of carbonyl (C=O) groups excluding carboxylic acids is 2. The molecule has 24 heavy (non-hydrogen) atoms. The maximum Gasteiger partial charge on any atom is 0.223 e. The standard InChI is InChI=1S/C18H24FN3O2/c1-13-12-21(16-4-2-3-15(19)10-16)7-8-22(13)18(24)9-14-5-6-17(23)20-11-14/h2-4,10,13-14H,5-9,11-12H2,1H3,(H,20,23). The fourth-order valence-electron chi connectivity index (χ4n) is 3.56. The molecule has 2 atom stereocenters. The quantitative estimate of drug-likeness (QED) is 0.917. The average Bonchev–Trinajstić information content (AvgIpc) is 2.56. The smallest absolute Gasteiger partial charge is 0.223 e. The maximum atomic E-state index is 13.4. The van der Waals surface area contributed by atoms with E-state index in [-0.39, 0.29) is 29.6 Å². The van der Waals surface area contributed by atoms with Crippen LogP contribution >= 0.6 is 0 Å². The Balaban J connectivity index is 1.55. The molecular weight excluding hydrogens is 309 g/mol. The van der Waals surface area contributed by atoms with Crippen LogP contribution in [0.5, 0.6) is 0 Å². The van der Waals surface area contributed by atoms with Crippen LogP contribution in [0.15, 0.2) is 24.3 Å². The molecule has 2 unspecified atom stereocenters. The number of anilines is 1. The summed E-state index contributed by atoms with van der Waals surface area (Å²) in [5.74, 6) is 0.236. The Hall–Kier alpha value is -2.11. The zero-order valence-electron chi connectivity index (χ0n) is 14.0. The largest absolute Gasteiger partial charge is 0.368 e. The second kappa shape index (κ2) is 7.20. The van der Waals surface area contributed by atoms with Crippen LogP contribution in [0.25, 0.3) is 0 Å². The van der Waals surface area contributed by atoms with Gasteiger partial charge in [-0.3, -0.25) is 9.59 Å². The highest BCUT2D eigenvalue weighted by Crippen LogP contribution is 2.22. The number of halogens is 1. The summed E-state index contributed by atoms with van der Waals surface area (Å²) < 4.78 is 13.4. The Kier molecular flexibility index (Phi) is 5.02. The molecule has 2 heterocycles. The Morgan fingerprint density at radius 1 is 1.38 bits per heavy atom. The molecule has 2 aliphatic heterocycles. The van der Waals surface area contributed by atoms with E-state index in [2.05, 4.69) is 10.2 Å². The number of nitrogens with one attached hydrogen (secondary N) is 1. The number of nitrogens with zero attached hydrogens (tertiary/aromatic N) is 2. The lowest BCUT2D eigenvalue weighted by molar-refractivity contribution is -0.135. The number of carbonyl (C=O) groups is 2. The Morgan fingerprint density at radius 3 is 2.88 bits per heavy atom. The molecule has 0 saturated carbocycles. The Bertz CT molecular complexity index is 612. The van der Waals surface area contributed by atoms with Crippen molar-refractivity contribution in [2.24, 2.45) is 5.92 Å². The molecule has 130 valence electrons. The van der Waals surface area contributed by atoms with E-state index in [4.69, 9.17) is 0 Å². The van der Waals surface area contributed by atoms with Gasteiger partial charge in [0.05, 0.1) is 0 Å². The summed E-state index contributed by atoms with van der Waals surface area (Å²) in [7, 11) is 0. The van der Waals surface area contributed by atoms with Gasteiger partial charge in [0.25, 0.3) is 0 Å². The maximum absolute atomic E-state index is 13.4. The number of hydrogen-bond acceptors (Lipinski definition) is 3. The van der Waals surface area contributed by atoms with Crippen molar-refractivity contribution < 1.29 is 14.0 Å². The van der Waals surface area contributed by atoms with Gasteiger partial charge in [-0.15, -0.1) is 0 Å². The summed E-state index contributed by atoms with van der Waals surface area (Å²) in [5, 5.41) is 2.83. The Labute approximate surface area is 141 Å². The molecule has 2 saturated heterocycles. The van der Waals surface area contributed by atoms with E-state index in [1.54, 1.807) is 6.07 Å². The van der Waals surface area contributed by atoms with Gasteiger partial charge in [-0.1, -0.05) is 6.07 Å². The van der Waals surface area contributed by atoms with Gasteiger partial charge in [0.15, 0.2) is 0 Å². The first-order chi connectivity index (χ1) is 11.5. The normalized spacial score (nSPS) is 24.7. The van der Waals surface area contributed by atoms with E-state index in [0.29, 0.717) is 39.0 Å². The van der Waals surface area contributed by atoms with E-state index in [9.17, 15) is 14.0 Å². The minimum Gasteiger partial charge on any atom is -0.368 e. The molecule has 6 heteroatoms. The van der Waals surface area contributed by atoms with Gasteiger partial charge in [-0.2, -0.15) is 0 Å². The molecule has 2 aliphatic rings. The van der Waals surface area contributed by atoms with Crippen LogP contribution in [0.2, 0.25) is 0 Å². The predicted molar refractivity (Wildman–Crippen MR) is 90.1 cm³/mol. The molecule has 0 radical (unpaired) electrons. The lowest BCUT2D eigenvalue weighted by atomic mass is 9.94. The molecule has 3 rings (SSSR count). The van der Waals surface area contributed by atoms with Crippen molar-refractivity contribution in [3.8, 4) is 0 Å². The van der Waals surface area contributed by atoms with E-state index >= 15 is 0 Å². The molecule has 0 aromatic heterocycles. The monoisotopic (exact) mass is 333 g/mol. The molecule has 1 aromatic rings. The number of amides is 2. The van der Waals surface area contributed by atoms with Crippen LogP contribution in [0.3, 0.4) is 0 Å². The molecule has 2 amide bonds. The topological polar surface area (TPSA) is 52.7 Å². The summed E-state index contributed by atoms with van der Waals surface area (Å²) in [5.41, 5.74) is 0.865. The first kappa shape index (κ1) is 16.7. The minimum absolute atomic E-state index is 0.0794. The zero-order valence-corrected chi connectivity index (χ0v) is 14.0. The van der Waals surface area contributed by atoms with E-state index < -0.39 is 0 Å². The van der Waals surface area contributed by atoms with Gasteiger partial charge in [-0.05, 0) is 37.5 Å². The van der Waals surface area contributed by atoms with Crippen molar-refractivity contribution in [1.29, 1.82) is 0 Å². The summed E-state index contributed by atoms with van der Waals surface area (Å²) in [4.78, 5) is 27.8. The lowest BCUT2D eigenvalue weighted by Crippen LogP contribution is -2.54. The van der Waals surface area contributed by atoms with Gasteiger partial charge >= 0.3 is 0 Å². The predicted octanol–water partition coefficient (Wildman–Crippen LogP) is 1.78. The number of piperazine rings is 1. The number of piperidine rings is 1. The molecule has 1 N–H and O–H groups in total. The number of hydrogen-bond donors (Lipinski definition) is 1. The molecular formula is C18H24FN3O2. The van der Waals surface area contributed by atoms with Crippen LogP contribution < -0.4 is 10.2 Å². The summed E-state index contributed by atoms with van der Waals surface area (Å²) >= 11 is 0. The molecule has 0 aliphatic carbocycles. The summed E-state index contributed by atoms with van der Waals surface area (Å²) in [6, 6.07) is 6.68. The third kappa shape index (κ3) is 3.86. The van der Waals surface area contributed by atoms with Crippen LogP contribution in [-0.4, -0.2) is 48.9 Å². The highest BCUT2D eigenvalue weighted by molar-refractivity contribution is 5.79. The van der Waals surface area contributed by atoms with Crippen molar-refractivity contribution in [3.63, 3.8) is 0 Å². The third-order valence-corrected chi connectivity index (χ3v) is 4.95. The third-order valence-electron chi connectivity index (χ3n) is 4.95. The molecule has 2 fully saturated rings. The molecule has 0 spiro atoms. The van der Waals surface area contributed by atoms with E-state index in [0.717, 1.165) is 12.1 Å². The zero-order chi connectivity index (χ0) is 17.1. The minimum atomic E-state index is -0.238. The van der Waals surface area contributed by atoms with Gasteiger partial charge in [0.1, 0.15) is 5.82 Å². The first-order valence-corrected chi connectivity index (χ1v) is 8.59. The van der Waals surface area contributed by atoms with Gasteiger partial charge in [0.2, 0.25) is 11.8 Å². The van der Waals surface area contributed by atoms with E-state index in [1.807, 2.05) is 17.9 Å². The SMILES string of the molecule is CC1CN(c2cccc(F)c2)CCN1C(=O)CC1CCC(=O)NC1. The second-order valence-electron chi connectivity index (χ2n) is 6.77. The molecule has 5 nitrogen and oxygen atoms in total. The van der Waals surface area contributed by atoms with Crippen molar-refractivity contribution >= 4 is 17.5 Å². The van der Waals surface area contributed by atoms with E-state index in [1.165, 1.54) is 12.1 Å². The van der Waals surface area contributed by atoms with Crippen LogP contribution in [0, 0.1) is 11.7 Å². The highest BCUT2D eigenvalue weighted by Gasteiger charge is 2.30. The van der Waals surface area contributed by atoms with Gasteiger partial charge in [0, 0.05) is 50.7 Å². The molecule has 1 aromatic carbocycles. The van der Waals surface area contributed by atoms with Crippen LogP contribution in [0.4, 0.5) is 10.1 Å². The summed E-state index contributed by atoms with van der Waals surface area (Å²) in [6.07, 6.45) is 1.79. The van der Waals surface area contributed by atoms with Crippen molar-refractivity contribution in [2.45, 2.75) is 32.2 Å². The van der Waals surface area contributed by atoms with Crippen LogP contribution in [0.1, 0.15) is 26.2 Å². The van der Waals surface area contributed by atoms with Crippen molar-refractivity contribution in [1.82, 2.24) is 10.2 Å². The second-order valence-corrected chi connectivity index (χ2v) is 6.77. The fraction of sp³-hybridized carbons (Fsp3) is 0.556. The van der Waals surface area contributed by atoms with Crippen molar-refractivity contribution in [2.75, 3.05) is 31.1 Å². The first-order valence-electron chi connectivity index (χ1n) is 8.59. The Morgan fingerprint density at radius 2 is 2.21 bits per heavy atom. The lowest BCUT2D eigenvalue weighted by Gasteiger charge is -2.41. The fourth-order valence-corrected chi connectivity index (χ4v) is 3.56. The van der Waals surface area contributed by atoms with Crippen molar-refractivity contribution in [3.05, 3.63) is 30.1 Å². The summed E-state index contributed by atoms with van der Waals surface area (Å²) in [6.45, 7) is 4.70. The average molecular weight is 333 g/mol. The highest BCUT2D eigenvalue weighted by atomic mass is 19.1. The molecule has 0 bridgehead atoms. The van der Waals surface area contributed by atoms with Gasteiger partial charge in [-0.25, -0.2) is 4.39 Å². The van der Waals surface area contributed by atoms with Crippen LogP contribution in [-0.2, 0) is 9.59 Å². The number of rotatable bonds is 3.